The Labute approximate surface area is 370 Å². The molecule has 2 aromatic heterocycles. The molecule has 12 aromatic rings. The Hall–Kier alpha value is -8.40. The first-order valence-electron chi connectivity index (χ1n) is 21.9. The fourth-order valence-corrected chi connectivity index (χ4v) is 10.6. The van der Waals surface area contributed by atoms with Crippen LogP contribution in [0.5, 0.6) is 0 Å². The third-order valence-corrected chi connectivity index (χ3v) is 13.4. The molecule has 0 radical (unpaired) electrons. The lowest BCUT2D eigenvalue weighted by atomic mass is 9.68. The molecule has 64 heavy (non-hydrogen) atoms. The minimum atomic E-state index is -0.540. The highest BCUT2D eigenvalue weighted by molar-refractivity contribution is 6.11. The smallest absolute Gasteiger partial charge is 0.143 e. The maximum Gasteiger partial charge on any atom is 0.143 e. The summed E-state index contributed by atoms with van der Waals surface area (Å²) in [6.07, 6.45) is 0. The minimum absolute atomic E-state index is 0.540. The molecule has 13 rings (SSSR count). The van der Waals surface area contributed by atoms with Crippen molar-refractivity contribution in [3.63, 3.8) is 0 Å². The summed E-state index contributed by atoms with van der Waals surface area (Å²) in [6, 6.07) is 85.1. The number of furan rings is 2. The number of rotatable bonds is 7. The van der Waals surface area contributed by atoms with E-state index in [9.17, 15) is 0 Å². The van der Waals surface area contributed by atoms with Gasteiger partial charge in [0.2, 0.25) is 0 Å². The van der Waals surface area contributed by atoms with Gasteiger partial charge in [0.05, 0.1) is 11.1 Å². The topological polar surface area (TPSA) is 29.5 Å². The minimum Gasteiger partial charge on any atom is -0.455 e. The van der Waals surface area contributed by atoms with E-state index >= 15 is 0 Å². The molecule has 300 valence electrons. The summed E-state index contributed by atoms with van der Waals surface area (Å²) >= 11 is 0. The lowest BCUT2D eigenvalue weighted by Gasteiger charge is -2.34. The summed E-state index contributed by atoms with van der Waals surface area (Å²) in [5, 5.41) is 4.43. The molecule has 0 saturated carbocycles. The molecule has 0 spiro atoms. The third kappa shape index (κ3) is 5.34. The molecule has 0 bridgehead atoms. The van der Waals surface area contributed by atoms with Crippen LogP contribution in [-0.4, -0.2) is 0 Å². The van der Waals surface area contributed by atoms with Gasteiger partial charge in [-0.25, -0.2) is 0 Å². The van der Waals surface area contributed by atoms with E-state index in [2.05, 4.69) is 229 Å². The molecule has 0 aliphatic heterocycles. The molecule has 3 nitrogen and oxygen atoms in total. The van der Waals surface area contributed by atoms with Crippen molar-refractivity contribution in [2.75, 3.05) is 4.90 Å². The Morgan fingerprint density at radius 1 is 0.328 bits per heavy atom. The maximum absolute atomic E-state index is 6.90. The van der Waals surface area contributed by atoms with Gasteiger partial charge in [-0.05, 0) is 75.3 Å². The predicted molar refractivity (Wildman–Crippen MR) is 264 cm³/mol. The van der Waals surface area contributed by atoms with Crippen molar-refractivity contribution >= 4 is 60.9 Å². The van der Waals surface area contributed by atoms with Crippen molar-refractivity contribution in [2.24, 2.45) is 0 Å². The lowest BCUT2D eigenvalue weighted by molar-refractivity contribution is 0.669. The van der Waals surface area contributed by atoms with E-state index < -0.39 is 5.41 Å². The van der Waals surface area contributed by atoms with Crippen LogP contribution in [0.4, 0.5) is 17.1 Å². The average Bonchev–Trinajstić information content (AvgIpc) is 4.04. The highest BCUT2D eigenvalue weighted by atomic mass is 16.3. The molecule has 0 amide bonds. The Balaban J connectivity index is 1.05. The first-order valence-corrected chi connectivity index (χ1v) is 21.9. The second-order valence-electron chi connectivity index (χ2n) is 16.7. The van der Waals surface area contributed by atoms with Crippen LogP contribution in [0.25, 0.3) is 77.3 Å². The summed E-state index contributed by atoms with van der Waals surface area (Å²) in [5.41, 5.74) is 17.9. The van der Waals surface area contributed by atoms with Crippen LogP contribution in [0, 0.1) is 0 Å². The van der Waals surface area contributed by atoms with Crippen LogP contribution in [0.3, 0.4) is 0 Å². The molecule has 0 N–H and O–H groups in total. The number of hydrogen-bond donors (Lipinski definition) is 0. The summed E-state index contributed by atoms with van der Waals surface area (Å²) < 4.78 is 13.4. The van der Waals surface area contributed by atoms with Gasteiger partial charge in [0.25, 0.3) is 0 Å². The Morgan fingerprint density at radius 3 is 1.53 bits per heavy atom. The van der Waals surface area contributed by atoms with Crippen molar-refractivity contribution in [3.05, 3.63) is 259 Å². The fourth-order valence-electron chi connectivity index (χ4n) is 10.6. The molecule has 1 aliphatic rings. The van der Waals surface area contributed by atoms with Gasteiger partial charge in [-0.3, -0.25) is 0 Å². The van der Waals surface area contributed by atoms with E-state index in [1.807, 2.05) is 12.1 Å². The van der Waals surface area contributed by atoms with Gasteiger partial charge in [-0.15, -0.1) is 0 Å². The van der Waals surface area contributed by atoms with Crippen LogP contribution in [-0.2, 0) is 5.41 Å². The van der Waals surface area contributed by atoms with Crippen LogP contribution in [0.2, 0.25) is 0 Å². The normalized spacial score (nSPS) is 12.8. The molecule has 10 aromatic carbocycles. The summed E-state index contributed by atoms with van der Waals surface area (Å²) in [5.74, 6) is 0. The number of benzene rings is 10. The number of para-hydroxylation sites is 3. The zero-order valence-electron chi connectivity index (χ0n) is 34.8. The molecular formula is C61H39NO2. The molecule has 1 aliphatic carbocycles. The van der Waals surface area contributed by atoms with Gasteiger partial charge >= 0.3 is 0 Å². The maximum atomic E-state index is 6.90. The summed E-state index contributed by atoms with van der Waals surface area (Å²) in [7, 11) is 0. The first-order chi connectivity index (χ1) is 31.8. The first kappa shape index (κ1) is 36.3. The molecule has 0 fully saturated rings. The lowest BCUT2D eigenvalue weighted by Crippen LogP contribution is -2.28. The molecule has 0 atom stereocenters. The van der Waals surface area contributed by atoms with Gasteiger partial charge in [-0.1, -0.05) is 194 Å². The van der Waals surface area contributed by atoms with Gasteiger partial charge in [0, 0.05) is 55.7 Å². The molecular weight excluding hydrogens is 779 g/mol. The Bertz CT molecular complexity index is 3680. The monoisotopic (exact) mass is 817 g/mol. The van der Waals surface area contributed by atoms with E-state index in [0.29, 0.717) is 0 Å². The standard InChI is InChI=1S/C61H39NO2/c1-4-17-40(18-5-1)46-25-14-28-51-49-38-37-45(39-57(49)64-60(46)51)62(44-35-33-41(34-36-44)47-26-15-27-50-48-23-11-13-32-56(48)63-59(47)50)55-31-16-30-54-58(55)52-24-10-12-29-53(52)61(54,42-19-6-2-7-20-42)43-21-8-3-9-22-43/h1-39H. The molecule has 0 unspecified atom stereocenters. The van der Waals surface area contributed by atoms with Crippen LogP contribution in [0.1, 0.15) is 22.3 Å². The van der Waals surface area contributed by atoms with Crippen molar-refractivity contribution in [1.29, 1.82) is 0 Å². The van der Waals surface area contributed by atoms with Gasteiger partial charge in [0.15, 0.2) is 0 Å². The quantitative estimate of drug-likeness (QED) is 0.160. The summed E-state index contributed by atoms with van der Waals surface area (Å²) in [6.45, 7) is 0. The van der Waals surface area contributed by atoms with Gasteiger partial charge in [-0.2, -0.15) is 0 Å². The number of fused-ring (bicyclic) bond motifs is 9. The molecule has 2 heterocycles. The van der Waals surface area contributed by atoms with Crippen LogP contribution in [0.15, 0.2) is 245 Å². The van der Waals surface area contributed by atoms with Crippen molar-refractivity contribution < 1.29 is 8.83 Å². The van der Waals surface area contributed by atoms with Crippen LogP contribution < -0.4 is 4.90 Å². The van der Waals surface area contributed by atoms with Crippen molar-refractivity contribution in [3.8, 4) is 33.4 Å². The predicted octanol–water partition coefficient (Wildman–Crippen LogP) is 16.7. The van der Waals surface area contributed by atoms with Crippen molar-refractivity contribution in [1.82, 2.24) is 0 Å². The van der Waals surface area contributed by atoms with Gasteiger partial charge < -0.3 is 13.7 Å². The fraction of sp³-hybridized carbons (Fsp3) is 0.0164. The van der Waals surface area contributed by atoms with E-state index in [1.165, 1.54) is 33.4 Å². The van der Waals surface area contributed by atoms with Crippen molar-refractivity contribution in [2.45, 2.75) is 5.41 Å². The molecule has 0 saturated heterocycles. The van der Waals surface area contributed by atoms with E-state index in [0.717, 1.165) is 83.2 Å². The Kier molecular flexibility index (Phi) is 8.13. The molecule has 3 heteroatoms. The van der Waals surface area contributed by atoms with E-state index in [-0.39, 0.29) is 0 Å². The SMILES string of the molecule is c1ccc(-c2cccc3c2oc2cc(N(c4ccc(-c5cccc6c5oc5ccccc56)cc4)c4cccc5c4-c4ccccc4C5(c4ccccc4)c4ccccc4)ccc23)cc1. The van der Waals surface area contributed by atoms with E-state index in [4.69, 9.17) is 8.83 Å². The summed E-state index contributed by atoms with van der Waals surface area (Å²) in [4.78, 5) is 2.41. The Morgan fingerprint density at radius 2 is 0.828 bits per heavy atom. The number of hydrogen-bond acceptors (Lipinski definition) is 3. The third-order valence-electron chi connectivity index (χ3n) is 13.4. The van der Waals surface area contributed by atoms with E-state index in [1.54, 1.807) is 0 Å². The number of nitrogens with zero attached hydrogens (tertiary/aromatic N) is 1. The number of anilines is 3. The highest BCUT2D eigenvalue weighted by Crippen LogP contribution is 2.59. The largest absolute Gasteiger partial charge is 0.455 e. The second-order valence-corrected chi connectivity index (χ2v) is 16.7. The van der Waals surface area contributed by atoms with Gasteiger partial charge in [0.1, 0.15) is 22.3 Å². The second kappa shape index (κ2) is 14.3. The zero-order chi connectivity index (χ0) is 42.2. The average molecular weight is 818 g/mol. The van der Waals surface area contributed by atoms with Crippen LogP contribution >= 0.6 is 0 Å². The highest BCUT2D eigenvalue weighted by Gasteiger charge is 2.47. The zero-order valence-corrected chi connectivity index (χ0v) is 34.8.